The first-order valence-corrected chi connectivity index (χ1v) is 11.1. The summed E-state index contributed by atoms with van der Waals surface area (Å²) in [6.45, 7) is 2.71. The zero-order chi connectivity index (χ0) is 18.4. The van der Waals surface area contributed by atoms with Crippen molar-refractivity contribution < 1.29 is 13.2 Å². The molecule has 1 atom stereocenters. The number of hydrogen-bond donors (Lipinski definition) is 3. The molecule has 1 amide bonds. The first kappa shape index (κ1) is 21.7. The third-order valence-electron chi connectivity index (χ3n) is 4.37. The molecule has 9 heteroatoms. The van der Waals surface area contributed by atoms with Gasteiger partial charge in [-0.3, -0.25) is 9.52 Å². The smallest absolute Gasteiger partial charge is 0.271 e. The van der Waals surface area contributed by atoms with Crippen LogP contribution in [0.4, 0.5) is 5.69 Å². The van der Waals surface area contributed by atoms with E-state index in [1.54, 1.807) is 41.8 Å². The zero-order valence-electron chi connectivity index (χ0n) is 14.8. The molecule has 3 rings (SSSR count). The minimum atomic E-state index is -3.61. The molecule has 1 unspecified atom stereocenters. The zero-order valence-corrected chi connectivity index (χ0v) is 17.3. The van der Waals surface area contributed by atoms with E-state index in [9.17, 15) is 13.2 Å². The number of hydrogen-bond acceptors (Lipinski definition) is 5. The fraction of sp³-hybridized carbons (Fsp3) is 0.389. The SMILES string of the molecule is Cl.O=C(NCCC1CCCNC1)c1cccc(NS(=O)(=O)c2cccs2)c1. The van der Waals surface area contributed by atoms with Crippen molar-refractivity contribution in [1.29, 1.82) is 0 Å². The van der Waals surface area contributed by atoms with Gasteiger partial charge in [-0.15, -0.1) is 23.7 Å². The number of piperidine rings is 1. The first-order chi connectivity index (χ1) is 12.5. The standard InChI is InChI=1S/C18H23N3O3S2.ClH/c22-18(20-10-8-14-4-2-9-19-13-14)15-5-1-6-16(12-15)21-26(23,24)17-7-3-11-25-17;/h1,3,5-7,11-12,14,19,21H,2,4,8-10,13H2,(H,20,22);1H. The molecule has 6 nitrogen and oxygen atoms in total. The lowest BCUT2D eigenvalue weighted by Gasteiger charge is -2.22. The van der Waals surface area contributed by atoms with Crippen LogP contribution in [0.3, 0.4) is 0 Å². The second-order valence-electron chi connectivity index (χ2n) is 6.38. The van der Waals surface area contributed by atoms with Crippen molar-refractivity contribution >= 4 is 45.4 Å². The molecule has 0 spiro atoms. The lowest BCUT2D eigenvalue weighted by molar-refractivity contribution is 0.0950. The average molecular weight is 430 g/mol. The van der Waals surface area contributed by atoms with Gasteiger partial charge in [-0.25, -0.2) is 8.42 Å². The maximum Gasteiger partial charge on any atom is 0.271 e. The Morgan fingerprint density at radius 1 is 1.26 bits per heavy atom. The summed E-state index contributed by atoms with van der Waals surface area (Å²) in [6, 6.07) is 9.78. The molecule has 0 bridgehead atoms. The van der Waals surface area contributed by atoms with Crippen LogP contribution < -0.4 is 15.4 Å². The Bertz CT molecular complexity index is 835. The molecule has 0 radical (unpaired) electrons. The predicted molar refractivity (Wildman–Crippen MR) is 111 cm³/mol. The van der Waals surface area contributed by atoms with Gasteiger partial charge in [-0.1, -0.05) is 12.1 Å². The molecule has 0 aliphatic carbocycles. The fourth-order valence-electron chi connectivity index (χ4n) is 3.01. The number of sulfonamides is 1. The van der Waals surface area contributed by atoms with Gasteiger partial charge in [0, 0.05) is 17.8 Å². The largest absolute Gasteiger partial charge is 0.352 e. The molecule has 3 N–H and O–H groups in total. The van der Waals surface area contributed by atoms with Gasteiger partial charge in [-0.05, 0) is 67.9 Å². The van der Waals surface area contributed by atoms with Crippen molar-refractivity contribution in [3.63, 3.8) is 0 Å². The number of nitrogens with one attached hydrogen (secondary N) is 3. The normalized spacial score (nSPS) is 17.0. The van der Waals surface area contributed by atoms with Gasteiger partial charge in [0.15, 0.2) is 0 Å². The lowest BCUT2D eigenvalue weighted by atomic mass is 9.96. The van der Waals surface area contributed by atoms with Crippen LogP contribution in [0.5, 0.6) is 0 Å². The molecular formula is C18H24ClN3O3S2. The Morgan fingerprint density at radius 3 is 2.81 bits per heavy atom. The Hall–Kier alpha value is -1.61. The van der Waals surface area contributed by atoms with Crippen molar-refractivity contribution in [3.05, 3.63) is 47.3 Å². The maximum atomic E-state index is 12.3. The highest BCUT2D eigenvalue weighted by molar-refractivity contribution is 7.94. The summed E-state index contributed by atoms with van der Waals surface area (Å²) >= 11 is 1.15. The molecule has 1 aliphatic heterocycles. The number of carbonyl (C=O) groups excluding carboxylic acids is 1. The molecular weight excluding hydrogens is 406 g/mol. The third kappa shape index (κ3) is 6.21. The van der Waals surface area contributed by atoms with E-state index in [1.165, 1.54) is 12.8 Å². The number of amides is 1. The fourth-order valence-corrected chi connectivity index (χ4v) is 5.05. The number of rotatable bonds is 7. The first-order valence-electron chi connectivity index (χ1n) is 8.70. The van der Waals surface area contributed by atoms with Crippen LogP contribution in [0.25, 0.3) is 0 Å². The Kier molecular flexibility index (Phi) is 8.09. The van der Waals surface area contributed by atoms with E-state index in [0.717, 1.165) is 30.8 Å². The van der Waals surface area contributed by atoms with Gasteiger partial charge in [0.2, 0.25) is 0 Å². The van der Waals surface area contributed by atoms with Gasteiger partial charge in [0.1, 0.15) is 4.21 Å². The van der Waals surface area contributed by atoms with Gasteiger partial charge < -0.3 is 10.6 Å². The number of halogens is 1. The van der Waals surface area contributed by atoms with Crippen LogP contribution >= 0.6 is 23.7 Å². The van der Waals surface area contributed by atoms with Crippen molar-refractivity contribution in [2.24, 2.45) is 5.92 Å². The van der Waals surface area contributed by atoms with Gasteiger partial charge >= 0.3 is 0 Å². The van der Waals surface area contributed by atoms with E-state index in [2.05, 4.69) is 15.4 Å². The minimum absolute atomic E-state index is 0. The Morgan fingerprint density at radius 2 is 2.11 bits per heavy atom. The van der Waals surface area contributed by atoms with E-state index in [4.69, 9.17) is 0 Å². The van der Waals surface area contributed by atoms with Crippen LogP contribution in [0.1, 0.15) is 29.6 Å². The number of benzene rings is 1. The highest BCUT2D eigenvalue weighted by Gasteiger charge is 2.16. The average Bonchev–Trinajstić information content (AvgIpc) is 3.18. The van der Waals surface area contributed by atoms with Crippen molar-refractivity contribution in [2.75, 3.05) is 24.4 Å². The van der Waals surface area contributed by atoms with Crippen molar-refractivity contribution in [3.8, 4) is 0 Å². The number of carbonyl (C=O) groups is 1. The summed E-state index contributed by atoms with van der Waals surface area (Å²) in [5.74, 6) is 0.416. The van der Waals surface area contributed by atoms with E-state index in [1.807, 2.05) is 0 Å². The summed E-state index contributed by atoms with van der Waals surface area (Å²) in [5.41, 5.74) is 0.820. The molecule has 2 heterocycles. The van der Waals surface area contributed by atoms with Crippen LogP contribution in [0, 0.1) is 5.92 Å². The monoisotopic (exact) mass is 429 g/mol. The van der Waals surface area contributed by atoms with Gasteiger partial charge in [0.25, 0.3) is 15.9 Å². The van der Waals surface area contributed by atoms with E-state index < -0.39 is 10.0 Å². The summed E-state index contributed by atoms with van der Waals surface area (Å²) in [7, 11) is -3.61. The second kappa shape index (κ2) is 10.1. The molecule has 148 valence electrons. The van der Waals surface area contributed by atoms with Crippen LogP contribution in [-0.2, 0) is 10.0 Å². The molecule has 2 aromatic rings. The van der Waals surface area contributed by atoms with Crippen molar-refractivity contribution in [2.45, 2.75) is 23.5 Å². The summed E-state index contributed by atoms with van der Waals surface area (Å²) < 4.78 is 27.3. The van der Waals surface area contributed by atoms with Crippen LogP contribution in [0.15, 0.2) is 46.0 Å². The minimum Gasteiger partial charge on any atom is -0.352 e. The molecule has 0 saturated carbocycles. The predicted octanol–water partition coefficient (Wildman–Crippen LogP) is 3.09. The molecule has 1 aromatic heterocycles. The van der Waals surface area contributed by atoms with Crippen LogP contribution in [0.2, 0.25) is 0 Å². The molecule has 1 aliphatic rings. The van der Waals surface area contributed by atoms with Crippen molar-refractivity contribution in [1.82, 2.24) is 10.6 Å². The number of anilines is 1. The van der Waals surface area contributed by atoms with Gasteiger partial charge in [-0.2, -0.15) is 0 Å². The number of thiophene rings is 1. The highest BCUT2D eigenvalue weighted by Crippen LogP contribution is 2.21. The quantitative estimate of drug-likeness (QED) is 0.631. The third-order valence-corrected chi connectivity index (χ3v) is 7.15. The summed E-state index contributed by atoms with van der Waals surface area (Å²) in [6.07, 6.45) is 3.33. The highest BCUT2D eigenvalue weighted by atomic mass is 35.5. The molecule has 1 saturated heterocycles. The molecule has 1 fully saturated rings. The lowest BCUT2D eigenvalue weighted by Crippen LogP contribution is -2.33. The van der Waals surface area contributed by atoms with Gasteiger partial charge in [0.05, 0.1) is 0 Å². The Labute approximate surface area is 170 Å². The molecule has 27 heavy (non-hydrogen) atoms. The summed E-state index contributed by atoms with van der Waals surface area (Å²) in [5, 5.41) is 8.00. The van der Waals surface area contributed by atoms with E-state index >= 15 is 0 Å². The molecule has 1 aromatic carbocycles. The topological polar surface area (TPSA) is 87.3 Å². The second-order valence-corrected chi connectivity index (χ2v) is 9.23. The summed E-state index contributed by atoms with van der Waals surface area (Å²) in [4.78, 5) is 12.3. The van der Waals surface area contributed by atoms with E-state index in [0.29, 0.717) is 23.7 Å². The Balaban J connectivity index is 0.00000261. The van der Waals surface area contributed by atoms with E-state index in [-0.39, 0.29) is 22.5 Å². The maximum absolute atomic E-state index is 12.3. The van der Waals surface area contributed by atoms with Crippen LogP contribution in [-0.4, -0.2) is 34.0 Å².